The van der Waals surface area contributed by atoms with Crippen molar-refractivity contribution >= 4 is 16.9 Å². The number of benzene rings is 1. The van der Waals surface area contributed by atoms with E-state index in [1.807, 2.05) is 34.9 Å². The van der Waals surface area contributed by atoms with E-state index >= 15 is 0 Å². The molecule has 1 atom stereocenters. The highest BCUT2D eigenvalue weighted by molar-refractivity contribution is 5.80. The number of likely N-dealkylation sites (tertiary alicyclic amines) is 1. The molecule has 0 aliphatic carbocycles. The Morgan fingerprint density at radius 1 is 1.26 bits per heavy atom. The molecule has 4 rings (SSSR count). The standard InChI is InChI=1S/C19H18N6O2/c20-10-16-19(22-8-7-21-16)27-14-4-3-9-24(11-14)18(26)12-25-13-23-15-5-1-2-6-17(15)25/h1-2,5-8,13-14H,3-4,9,11-12H2. The van der Waals surface area contributed by atoms with Crippen LogP contribution in [-0.4, -0.2) is 49.5 Å². The van der Waals surface area contributed by atoms with Crippen molar-refractivity contribution in [3.8, 4) is 11.9 Å². The summed E-state index contributed by atoms with van der Waals surface area (Å²) in [5.41, 5.74) is 1.97. The summed E-state index contributed by atoms with van der Waals surface area (Å²) < 4.78 is 7.71. The summed E-state index contributed by atoms with van der Waals surface area (Å²) in [5, 5.41) is 9.11. The van der Waals surface area contributed by atoms with Gasteiger partial charge < -0.3 is 14.2 Å². The molecule has 1 aliphatic heterocycles. The monoisotopic (exact) mass is 362 g/mol. The van der Waals surface area contributed by atoms with Crippen molar-refractivity contribution in [2.24, 2.45) is 0 Å². The topological polar surface area (TPSA) is 96.9 Å². The maximum atomic E-state index is 12.8. The van der Waals surface area contributed by atoms with E-state index in [1.54, 1.807) is 11.2 Å². The van der Waals surface area contributed by atoms with Gasteiger partial charge in [-0.2, -0.15) is 5.26 Å². The van der Waals surface area contributed by atoms with Gasteiger partial charge >= 0.3 is 0 Å². The Labute approximate surface area is 156 Å². The van der Waals surface area contributed by atoms with Crippen LogP contribution in [-0.2, 0) is 11.3 Å². The van der Waals surface area contributed by atoms with Crippen LogP contribution in [0.4, 0.5) is 0 Å². The molecule has 8 nitrogen and oxygen atoms in total. The van der Waals surface area contributed by atoms with E-state index in [0.717, 1.165) is 23.9 Å². The molecule has 136 valence electrons. The lowest BCUT2D eigenvalue weighted by Crippen LogP contribution is -2.45. The number of ether oxygens (including phenoxy) is 1. The third kappa shape index (κ3) is 3.58. The first-order valence-electron chi connectivity index (χ1n) is 8.80. The second kappa shape index (κ2) is 7.41. The largest absolute Gasteiger partial charge is 0.470 e. The Kier molecular flexibility index (Phi) is 4.66. The molecule has 8 heteroatoms. The molecule has 3 aromatic rings. The summed E-state index contributed by atoms with van der Waals surface area (Å²) in [6.07, 6.45) is 6.08. The highest BCUT2D eigenvalue weighted by atomic mass is 16.5. The van der Waals surface area contributed by atoms with Crippen molar-refractivity contribution in [1.29, 1.82) is 5.26 Å². The van der Waals surface area contributed by atoms with Crippen molar-refractivity contribution in [1.82, 2.24) is 24.4 Å². The Balaban J connectivity index is 1.43. The summed E-state index contributed by atoms with van der Waals surface area (Å²) in [6.45, 7) is 1.39. The smallest absolute Gasteiger partial charge is 0.251 e. The van der Waals surface area contributed by atoms with E-state index < -0.39 is 0 Å². The zero-order valence-corrected chi connectivity index (χ0v) is 14.7. The van der Waals surface area contributed by atoms with Crippen molar-refractivity contribution in [3.05, 3.63) is 48.7 Å². The number of carbonyl (C=O) groups excluding carboxylic acids is 1. The van der Waals surface area contributed by atoms with Crippen LogP contribution in [0.1, 0.15) is 18.5 Å². The number of rotatable bonds is 4. The molecule has 3 heterocycles. The van der Waals surface area contributed by atoms with E-state index in [0.29, 0.717) is 13.1 Å². The number of nitriles is 1. The third-order valence-corrected chi connectivity index (χ3v) is 4.61. The number of hydrogen-bond donors (Lipinski definition) is 0. The quantitative estimate of drug-likeness (QED) is 0.702. The van der Waals surface area contributed by atoms with E-state index in [1.165, 1.54) is 12.4 Å². The van der Waals surface area contributed by atoms with Crippen molar-refractivity contribution < 1.29 is 9.53 Å². The number of carbonyl (C=O) groups is 1. The summed E-state index contributed by atoms with van der Waals surface area (Å²) in [7, 11) is 0. The maximum absolute atomic E-state index is 12.8. The molecule has 0 bridgehead atoms. The number of piperidine rings is 1. The normalized spacial score (nSPS) is 16.9. The fraction of sp³-hybridized carbons (Fsp3) is 0.316. The Bertz CT molecular complexity index is 1010. The lowest BCUT2D eigenvalue weighted by Gasteiger charge is -2.32. The predicted octanol–water partition coefficient (Wildman–Crippen LogP) is 1.77. The van der Waals surface area contributed by atoms with Crippen molar-refractivity contribution in [2.45, 2.75) is 25.5 Å². The minimum atomic E-state index is -0.203. The molecule has 1 aliphatic rings. The van der Waals surface area contributed by atoms with Crippen LogP contribution < -0.4 is 4.74 Å². The molecule has 0 saturated carbocycles. The number of amides is 1. The lowest BCUT2D eigenvalue weighted by atomic mass is 10.1. The van der Waals surface area contributed by atoms with Gasteiger partial charge in [0, 0.05) is 18.9 Å². The number of imidazole rings is 1. The summed E-state index contributed by atoms with van der Waals surface area (Å²) in [6, 6.07) is 9.72. The molecule has 2 aromatic heterocycles. The number of para-hydroxylation sites is 2. The first kappa shape index (κ1) is 17.0. The molecule has 1 saturated heterocycles. The van der Waals surface area contributed by atoms with Gasteiger partial charge in [0.15, 0.2) is 0 Å². The zero-order chi connectivity index (χ0) is 18.6. The van der Waals surface area contributed by atoms with Crippen LogP contribution in [0.5, 0.6) is 5.88 Å². The summed E-state index contributed by atoms with van der Waals surface area (Å²) in [5.74, 6) is 0.242. The van der Waals surface area contributed by atoms with Crippen LogP contribution in [0.2, 0.25) is 0 Å². The van der Waals surface area contributed by atoms with E-state index in [4.69, 9.17) is 10.00 Å². The highest BCUT2D eigenvalue weighted by Crippen LogP contribution is 2.19. The van der Waals surface area contributed by atoms with Gasteiger partial charge in [-0.3, -0.25) is 4.79 Å². The number of hydrogen-bond acceptors (Lipinski definition) is 6. The van der Waals surface area contributed by atoms with Gasteiger partial charge in [-0.1, -0.05) is 12.1 Å². The van der Waals surface area contributed by atoms with Gasteiger partial charge in [-0.15, -0.1) is 0 Å². The van der Waals surface area contributed by atoms with Crippen molar-refractivity contribution in [3.63, 3.8) is 0 Å². The van der Waals surface area contributed by atoms with Gasteiger partial charge in [0.2, 0.25) is 11.6 Å². The molecule has 1 aromatic carbocycles. The molecular weight excluding hydrogens is 344 g/mol. The van der Waals surface area contributed by atoms with Crippen LogP contribution >= 0.6 is 0 Å². The van der Waals surface area contributed by atoms with E-state index in [9.17, 15) is 4.79 Å². The number of aromatic nitrogens is 4. The summed E-state index contributed by atoms with van der Waals surface area (Å²) >= 11 is 0. The second-order valence-electron chi connectivity index (χ2n) is 6.40. The minimum absolute atomic E-state index is 0.0195. The molecule has 1 amide bonds. The van der Waals surface area contributed by atoms with E-state index in [-0.39, 0.29) is 30.1 Å². The minimum Gasteiger partial charge on any atom is -0.470 e. The molecular formula is C19H18N6O2. The van der Waals surface area contributed by atoms with Crippen molar-refractivity contribution in [2.75, 3.05) is 13.1 Å². The zero-order valence-electron chi connectivity index (χ0n) is 14.7. The summed E-state index contributed by atoms with van der Waals surface area (Å²) in [4.78, 5) is 26.9. The Morgan fingerprint density at radius 3 is 3.00 bits per heavy atom. The van der Waals surface area contributed by atoms with Crippen LogP contribution in [0.15, 0.2) is 43.0 Å². The van der Waals surface area contributed by atoms with Gasteiger partial charge in [0.25, 0.3) is 5.88 Å². The lowest BCUT2D eigenvalue weighted by molar-refractivity contribution is -0.134. The highest BCUT2D eigenvalue weighted by Gasteiger charge is 2.26. The van der Waals surface area contributed by atoms with Gasteiger partial charge in [-0.05, 0) is 25.0 Å². The SMILES string of the molecule is N#Cc1nccnc1OC1CCCN(C(=O)Cn2cnc3ccccc32)C1. The maximum Gasteiger partial charge on any atom is 0.251 e. The fourth-order valence-corrected chi connectivity index (χ4v) is 3.29. The van der Waals surface area contributed by atoms with Crippen LogP contribution in [0, 0.1) is 11.3 Å². The average Bonchev–Trinajstić information content (AvgIpc) is 3.11. The number of fused-ring (bicyclic) bond motifs is 1. The predicted molar refractivity (Wildman–Crippen MR) is 96.7 cm³/mol. The molecule has 0 N–H and O–H groups in total. The Hall–Kier alpha value is -3.47. The van der Waals surface area contributed by atoms with E-state index in [2.05, 4.69) is 15.0 Å². The van der Waals surface area contributed by atoms with Gasteiger partial charge in [0.1, 0.15) is 18.7 Å². The second-order valence-corrected chi connectivity index (χ2v) is 6.40. The molecule has 1 unspecified atom stereocenters. The van der Waals surface area contributed by atoms with Crippen LogP contribution in [0.25, 0.3) is 11.0 Å². The average molecular weight is 362 g/mol. The number of nitrogens with zero attached hydrogens (tertiary/aromatic N) is 6. The van der Waals surface area contributed by atoms with Gasteiger partial charge in [0.05, 0.1) is 23.9 Å². The van der Waals surface area contributed by atoms with Crippen LogP contribution in [0.3, 0.4) is 0 Å². The fourth-order valence-electron chi connectivity index (χ4n) is 3.29. The third-order valence-electron chi connectivity index (χ3n) is 4.61. The molecule has 27 heavy (non-hydrogen) atoms. The molecule has 0 spiro atoms. The van der Waals surface area contributed by atoms with Gasteiger partial charge in [-0.25, -0.2) is 15.0 Å². The first-order valence-corrected chi connectivity index (χ1v) is 8.80. The molecule has 0 radical (unpaired) electrons. The first-order chi connectivity index (χ1) is 13.2. The Morgan fingerprint density at radius 2 is 2.11 bits per heavy atom. The molecule has 1 fully saturated rings.